The third kappa shape index (κ3) is 12.7. The number of carbonyl (C=O) groups excluding carboxylic acids is 2. The predicted molar refractivity (Wildman–Crippen MR) is 86.7 cm³/mol. The molecular weight excluding hydrogens is 312 g/mol. The number of amides is 2. The van der Waals surface area contributed by atoms with Crippen molar-refractivity contribution in [1.82, 2.24) is 10.6 Å². The molecule has 2 amide bonds. The number of nitriles is 2. The van der Waals surface area contributed by atoms with Crippen LogP contribution in [0.25, 0.3) is 0 Å². The first-order valence-corrected chi connectivity index (χ1v) is 7.46. The van der Waals surface area contributed by atoms with E-state index in [4.69, 9.17) is 20.0 Å². The molecule has 8 heteroatoms. The van der Waals surface area contributed by atoms with Crippen LogP contribution in [0.2, 0.25) is 0 Å². The van der Waals surface area contributed by atoms with Gasteiger partial charge in [-0.1, -0.05) is 26.0 Å². The fourth-order valence-corrected chi connectivity index (χ4v) is 1.46. The van der Waals surface area contributed by atoms with Crippen molar-refractivity contribution in [2.24, 2.45) is 0 Å². The number of unbranched alkanes of at least 4 members (excludes halogenated alkanes) is 3. The number of hydrogen-bond donors (Lipinski definition) is 2. The Labute approximate surface area is 141 Å². The van der Waals surface area contributed by atoms with Crippen LogP contribution >= 0.6 is 0 Å². The summed E-state index contributed by atoms with van der Waals surface area (Å²) >= 11 is 0. The van der Waals surface area contributed by atoms with Crippen LogP contribution in [0.4, 0.5) is 9.59 Å². The molecule has 2 N–H and O–H groups in total. The summed E-state index contributed by atoms with van der Waals surface area (Å²) in [6.07, 6.45) is 2.17. The van der Waals surface area contributed by atoms with Gasteiger partial charge in [0.15, 0.2) is 0 Å². The summed E-state index contributed by atoms with van der Waals surface area (Å²) in [4.78, 5) is 22.5. The second-order valence-electron chi connectivity index (χ2n) is 4.85. The fourth-order valence-electron chi connectivity index (χ4n) is 1.46. The van der Waals surface area contributed by atoms with Gasteiger partial charge < -0.3 is 20.1 Å². The number of rotatable bonds is 11. The number of ether oxygens (including phenoxy) is 2. The highest BCUT2D eigenvalue weighted by Gasteiger charge is 2.03. The summed E-state index contributed by atoms with van der Waals surface area (Å²) in [5, 5.41) is 22.0. The molecule has 24 heavy (non-hydrogen) atoms. The van der Waals surface area contributed by atoms with Gasteiger partial charge in [-0.2, -0.15) is 10.5 Å². The Bertz CT molecular complexity index is 483. The number of carbonyl (C=O) groups is 2. The molecule has 0 saturated carbocycles. The molecule has 0 aromatic carbocycles. The summed E-state index contributed by atoms with van der Waals surface area (Å²) < 4.78 is 9.51. The third-order valence-electron chi connectivity index (χ3n) is 2.71. The number of hydrogen-bond acceptors (Lipinski definition) is 6. The second-order valence-corrected chi connectivity index (χ2v) is 4.85. The van der Waals surface area contributed by atoms with Crippen molar-refractivity contribution in [3.63, 3.8) is 0 Å². The summed E-state index contributed by atoms with van der Waals surface area (Å²) in [6, 6.07) is 3.57. The quantitative estimate of drug-likeness (QED) is 0.440. The molecule has 0 aliphatic heterocycles. The van der Waals surface area contributed by atoms with E-state index in [1.165, 1.54) is 0 Å². The topological polar surface area (TPSA) is 124 Å². The zero-order chi connectivity index (χ0) is 18.2. The largest absolute Gasteiger partial charge is 0.444 e. The van der Waals surface area contributed by atoms with E-state index in [0.717, 1.165) is 25.7 Å². The van der Waals surface area contributed by atoms with Crippen molar-refractivity contribution in [3.05, 3.63) is 24.3 Å². The Morgan fingerprint density at radius 1 is 0.792 bits per heavy atom. The molecule has 0 aromatic rings. The Morgan fingerprint density at radius 3 is 1.50 bits per heavy atom. The molecule has 0 rings (SSSR count). The molecule has 0 heterocycles. The van der Waals surface area contributed by atoms with Crippen LogP contribution in [0.5, 0.6) is 0 Å². The minimum atomic E-state index is -0.574. The minimum Gasteiger partial charge on any atom is -0.444 e. The van der Waals surface area contributed by atoms with Gasteiger partial charge in [0, 0.05) is 13.1 Å². The summed E-state index contributed by atoms with van der Waals surface area (Å²) in [6.45, 7) is 7.53. The smallest absolute Gasteiger partial charge is 0.407 e. The van der Waals surface area contributed by atoms with Crippen LogP contribution < -0.4 is 10.6 Å². The molecule has 0 unspecified atom stereocenters. The van der Waals surface area contributed by atoms with Crippen molar-refractivity contribution >= 4 is 12.2 Å². The average Bonchev–Trinajstić information content (AvgIpc) is 2.59. The lowest BCUT2D eigenvalue weighted by Crippen LogP contribution is -2.26. The van der Waals surface area contributed by atoms with Gasteiger partial charge >= 0.3 is 12.2 Å². The maximum Gasteiger partial charge on any atom is 0.407 e. The zero-order valence-electron chi connectivity index (χ0n) is 13.6. The average molecular weight is 334 g/mol. The summed E-state index contributed by atoms with van der Waals surface area (Å²) in [5.74, 6) is 0. The summed E-state index contributed by atoms with van der Waals surface area (Å²) in [5.41, 5.74) is 0.376. The highest BCUT2D eigenvalue weighted by Crippen LogP contribution is 1.98. The number of nitrogens with one attached hydrogen (secondary N) is 2. The molecular formula is C16H22N4O4. The van der Waals surface area contributed by atoms with Crippen molar-refractivity contribution < 1.29 is 19.1 Å². The predicted octanol–water partition coefficient (Wildman–Crippen LogP) is 2.16. The van der Waals surface area contributed by atoms with Gasteiger partial charge in [0.25, 0.3) is 0 Å². The molecule has 0 fully saturated rings. The first kappa shape index (κ1) is 21.0. The van der Waals surface area contributed by atoms with E-state index in [1.54, 1.807) is 12.1 Å². The number of nitrogens with zero attached hydrogens (tertiary/aromatic N) is 2. The van der Waals surface area contributed by atoms with Gasteiger partial charge in [-0.3, -0.25) is 0 Å². The van der Waals surface area contributed by atoms with Gasteiger partial charge in [-0.15, -0.1) is 0 Å². The van der Waals surface area contributed by atoms with Gasteiger partial charge in [0.05, 0.1) is 23.3 Å². The van der Waals surface area contributed by atoms with E-state index in [2.05, 4.69) is 23.8 Å². The highest BCUT2D eigenvalue weighted by molar-refractivity contribution is 5.67. The second kappa shape index (κ2) is 13.6. The Morgan fingerprint density at radius 2 is 1.17 bits per heavy atom. The van der Waals surface area contributed by atoms with Crippen molar-refractivity contribution in [1.29, 1.82) is 10.5 Å². The maximum atomic E-state index is 11.2. The normalized spacial score (nSPS) is 9.08. The molecule has 8 nitrogen and oxygen atoms in total. The van der Waals surface area contributed by atoms with Crippen molar-refractivity contribution in [2.75, 3.05) is 26.3 Å². The molecule has 0 radical (unpaired) electrons. The minimum absolute atomic E-state index is 0.105. The van der Waals surface area contributed by atoms with Crippen molar-refractivity contribution in [2.45, 2.75) is 25.7 Å². The van der Waals surface area contributed by atoms with Crippen LogP contribution in [0.1, 0.15) is 25.7 Å². The highest BCUT2D eigenvalue weighted by atomic mass is 16.6. The Kier molecular flexibility index (Phi) is 11.9. The maximum absolute atomic E-state index is 11.2. The molecule has 0 saturated heterocycles. The summed E-state index contributed by atoms with van der Waals surface area (Å²) in [7, 11) is 0. The molecule has 130 valence electrons. The van der Waals surface area contributed by atoms with Crippen molar-refractivity contribution in [3.8, 4) is 12.1 Å². The van der Waals surface area contributed by atoms with Gasteiger partial charge in [-0.05, 0) is 12.8 Å². The molecule has 0 aliphatic rings. The Balaban J connectivity index is 3.42. The Hall–Kier alpha value is -3.00. The van der Waals surface area contributed by atoms with E-state index in [0.29, 0.717) is 13.1 Å². The fraction of sp³-hybridized carbons (Fsp3) is 0.500. The van der Waals surface area contributed by atoms with E-state index in [9.17, 15) is 9.59 Å². The lowest BCUT2D eigenvalue weighted by Gasteiger charge is -2.07. The first-order valence-electron chi connectivity index (χ1n) is 7.46. The molecule has 0 spiro atoms. The van der Waals surface area contributed by atoms with Crippen LogP contribution in [-0.4, -0.2) is 38.5 Å². The van der Waals surface area contributed by atoms with E-state index in [1.807, 2.05) is 0 Å². The van der Waals surface area contributed by atoms with E-state index >= 15 is 0 Å². The van der Waals surface area contributed by atoms with Crippen LogP contribution in [0, 0.1) is 22.7 Å². The third-order valence-corrected chi connectivity index (χ3v) is 2.71. The van der Waals surface area contributed by atoms with Crippen LogP contribution in [0.15, 0.2) is 24.3 Å². The standard InChI is InChI=1S/C16H22N4O4/c1-13(9-17)11-23-15(21)19-7-5-3-4-6-8-20-16(22)24-12-14(2)10-18/h1-8,11-12H2,(H,19,21)(H,20,22). The number of alkyl carbamates (subject to hydrolysis) is 2. The lowest BCUT2D eigenvalue weighted by atomic mass is 10.2. The molecule has 0 bridgehead atoms. The van der Waals surface area contributed by atoms with E-state index < -0.39 is 12.2 Å². The molecule has 0 aliphatic carbocycles. The SMILES string of the molecule is C=C(C#N)COC(=O)NCCCCCCNC(=O)OCC(=C)C#N. The first-order chi connectivity index (χ1) is 11.5. The van der Waals surface area contributed by atoms with Crippen LogP contribution in [0.3, 0.4) is 0 Å². The monoisotopic (exact) mass is 334 g/mol. The lowest BCUT2D eigenvalue weighted by molar-refractivity contribution is 0.155. The molecule has 0 aromatic heterocycles. The van der Waals surface area contributed by atoms with Crippen LogP contribution in [-0.2, 0) is 9.47 Å². The van der Waals surface area contributed by atoms with Gasteiger partial charge in [-0.25, -0.2) is 9.59 Å². The van der Waals surface area contributed by atoms with Gasteiger partial charge in [0.2, 0.25) is 0 Å². The van der Waals surface area contributed by atoms with Gasteiger partial charge in [0.1, 0.15) is 13.2 Å². The van der Waals surface area contributed by atoms with E-state index in [-0.39, 0.29) is 24.4 Å². The molecule has 0 atom stereocenters. The zero-order valence-corrected chi connectivity index (χ0v) is 13.6.